The minimum Gasteiger partial charge on any atom is -0.478 e. The summed E-state index contributed by atoms with van der Waals surface area (Å²) in [5, 5.41) is 4.57. The maximum Gasteiger partial charge on any atom is 0.221 e. The fourth-order valence-electron chi connectivity index (χ4n) is 2.00. The molecule has 2 rings (SSSR count). The first-order valence-corrected chi connectivity index (χ1v) is 7.44. The van der Waals surface area contributed by atoms with E-state index in [0.717, 1.165) is 16.9 Å². The molecule has 21 heavy (non-hydrogen) atoms. The average molecular weight is 326 g/mol. The molecule has 0 aliphatic heterocycles. The first-order chi connectivity index (χ1) is 10.0. The van der Waals surface area contributed by atoms with Crippen LogP contribution in [0.4, 0.5) is 5.82 Å². The zero-order valence-corrected chi connectivity index (χ0v) is 13.7. The molecule has 1 aromatic heterocycles. The van der Waals surface area contributed by atoms with Crippen molar-refractivity contribution >= 4 is 29.0 Å². The highest BCUT2D eigenvalue weighted by Gasteiger charge is 2.14. The quantitative estimate of drug-likeness (QED) is 0.868. The van der Waals surface area contributed by atoms with E-state index in [2.05, 4.69) is 15.3 Å². The third-order valence-corrected chi connectivity index (χ3v) is 3.66. The van der Waals surface area contributed by atoms with Gasteiger partial charge in [-0.3, -0.25) is 0 Å². The number of aromatic nitrogens is 2. The van der Waals surface area contributed by atoms with Crippen LogP contribution in [0.3, 0.4) is 0 Å². The van der Waals surface area contributed by atoms with E-state index in [1.54, 1.807) is 6.07 Å². The van der Waals surface area contributed by atoms with Gasteiger partial charge in [-0.1, -0.05) is 29.3 Å². The van der Waals surface area contributed by atoms with Gasteiger partial charge in [0, 0.05) is 10.0 Å². The van der Waals surface area contributed by atoms with Crippen LogP contribution < -0.4 is 10.1 Å². The lowest BCUT2D eigenvalue weighted by atomic mass is 10.1. The fraction of sp³-hybridized carbons (Fsp3) is 0.333. The summed E-state index contributed by atoms with van der Waals surface area (Å²) in [6.45, 7) is 6.42. The van der Waals surface area contributed by atoms with Crippen molar-refractivity contribution < 1.29 is 4.74 Å². The summed E-state index contributed by atoms with van der Waals surface area (Å²) >= 11 is 12.2. The monoisotopic (exact) mass is 325 g/mol. The van der Waals surface area contributed by atoms with Gasteiger partial charge < -0.3 is 10.1 Å². The van der Waals surface area contributed by atoms with Gasteiger partial charge >= 0.3 is 0 Å². The van der Waals surface area contributed by atoms with Crippen LogP contribution in [0.2, 0.25) is 10.0 Å². The molecular formula is C15H17Cl2N3O. The van der Waals surface area contributed by atoms with Gasteiger partial charge in [-0.25, -0.2) is 9.97 Å². The molecule has 2 aromatic rings. The van der Waals surface area contributed by atoms with E-state index >= 15 is 0 Å². The van der Waals surface area contributed by atoms with E-state index in [9.17, 15) is 0 Å². The lowest BCUT2D eigenvalue weighted by molar-refractivity contribution is 0.324. The molecule has 0 fully saturated rings. The molecule has 1 atom stereocenters. The third-order valence-electron chi connectivity index (χ3n) is 3.10. The van der Waals surface area contributed by atoms with Crippen LogP contribution >= 0.6 is 23.2 Å². The summed E-state index contributed by atoms with van der Waals surface area (Å²) in [7, 11) is 0. The minimum atomic E-state index is -0.0159. The third kappa shape index (κ3) is 3.77. The Morgan fingerprint density at radius 2 is 2.05 bits per heavy atom. The second-order valence-corrected chi connectivity index (χ2v) is 5.46. The molecule has 0 spiro atoms. The molecule has 0 saturated heterocycles. The molecule has 0 bridgehead atoms. The number of ether oxygens (including phenoxy) is 1. The highest BCUT2D eigenvalue weighted by molar-refractivity contribution is 6.35. The van der Waals surface area contributed by atoms with E-state index in [-0.39, 0.29) is 6.04 Å². The molecule has 1 heterocycles. The van der Waals surface area contributed by atoms with E-state index in [1.807, 2.05) is 32.9 Å². The van der Waals surface area contributed by atoms with Gasteiger partial charge in [-0.2, -0.15) is 0 Å². The first-order valence-electron chi connectivity index (χ1n) is 6.68. The topological polar surface area (TPSA) is 47.0 Å². The van der Waals surface area contributed by atoms with Crippen LogP contribution in [-0.2, 0) is 0 Å². The number of hydrogen-bond acceptors (Lipinski definition) is 4. The average Bonchev–Trinajstić information content (AvgIpc) is 2.43. The molecule has 4 nitrogen and oxygen atoms in total. The van der Waals surface area contributed by atoms with Gasteiger partial charge in [0.25, 0.3) is 0 Å². The van der Waals surface area contributed by atoms with Crippen molar-refractivity contribution in [3.8, 4) is 5.88 Å². The highest BCUT2D eigenvalue weighted by Crippen LogP contribution is 2.30. The lowest BCUT2D eigenvalue weighted by Gasteiger charge is -2.18. The van der Waals surface area contributed by atoms with Crippen LogP contribution in [0.25, 0.3) is 0 Å². The Hall–Kier alpha value is -1.52. The van der Waals surface area contributed by atoms with Gasteiger partial charge in [0.15, 0.2) is 0 Å². The minimum absolute atomic E-state index is 0.0159. The zero-order chi connectivity index (χ0) is 15.4. The van der Waals surface area contributed by atoms with E-state index in [1.165, 1.54) is 6.33 Å². The van der Waals surface area contributed by atoms with Crippen LogP contribution in [0.15, 0.2) is 24.5 Å². The number of halogens is 2. The van der Waals surface area contributed by atoms with Crippen molar-refractivity contribution in [2.45, 2.75) is 26.8 Å². The van der Waals surface area contributed by atoms with Gasteiger partial charge in [0.2, 0.25) is 5.88 Å². The molecule has 0 aliphatic carbocycles. The zero-order valence-electron chi connectivity index (χ0n) is 12.2. The number of anilines is 1. The molecular weight excluding hydrogens is 309 g/mol. The van der Waals surface area contributed by atoms with E-state index in [4.69, 9.17) is 27.9 Å². The number of nitrogens with zero attached hydrogens (tertiary/aromatic N) is 2. The largest absolute Gasteiger partial charge is 0.478 e. The molecule has 1 aromatic carbocycles. The number of hydrogen-bond donors (Lipinski definition) is 1. The van der Waals surface area contributed by atoms with Gasteiger partial charge in [-0.15, -0.1) is 0 Å². The second-order valence-electron chi connectivity index (χ2n) is 4.62. The van der Waals surface area contributed by atoms with Gasteiger partial charge in [-0.05, 0) is 38.5 Å². The van der Waals surface area contributed by atoms with Gasteiger partial charge in [0.05, 0.1) is 18.2 Å². The molecule has 0 aliphatic rings. The number of rotatable bonds is 5. The molecule has 112 valence electrons. The van der Waals surface area contributed by atoms with Gasteiger partial charge in [0.1, 0.15) is 12.1 Å². The first kappa shape index (κ1) is 15.9. The summed E-state index contributed by atoms with van der Waals surface area (Å²) in [6.07, 6.45) is 1.48. The predicted octanol–water partition coefficient (Wildman–Crippen LogP) is 4.66. The summed E-state index contributed by atoms with van der Waals surface area (Å²) < 4.78 is 5.47. The smallest absolute Gasteiger partial charge is 0.221 e. The van der Waals surface area contributed by atoms with Crippen molar-refractivity contribution in [3.05, 3.63) is 45.7 Å². The van der Waals surface area contributed by atoms with Crippen LogP contribution in [0.5, 0.6) is 5.88 Å². The SMILES string of the molecule is CCOc1ncnc(NC(C)c2ccc(Cl)cc2Cl)c1C. The van der Waals surface area contributed by atoms with E-state index in [0.29, 0.717) is 22.5 Å². The van der Waals surface area contributed by atoms with Crippen molar-refractivity contribution in [1.29, 1.82) is 0 Å². The van der Waals surface area contributed by atoms with Crippen LogP contribution in [-0.4, -0.2) is 16.6 Å². The summed E-state index contributed by atoms with van der Waals surface area (Å²) in [5.41, 5.74) is 1.83. The molecule has 1 N–H and O–H groups in total. The normalized spacial score (nSPS) is 12.0. The Morgan fingerprint density at radius 1 is 1.29 bits per heavy atom. The maximum atomic E-state index is 6.23. The second kappa shape index (κ2) is 6.96. The maximum absolute atomic E-state index is 6.23. The molecule has 6 heteroatoms. The Balaban J connectivity index is 2.23. The standard InChI is InChI=1S/C15H17Cl2N3O/c1-4-21-15-9(2)14(18-8-19-15)20-10(3)12-6-5-11(16)7-13(12)17/h5-8,10H,4H2,1-3H3,(H,18,19,20). The molecule has 0 amide bonds. The lowest BCUT2D eigenvalue weighted by Crippen LogP contribution is -2.11. The molecule has 1 unspecified atom stereocenters. The Morgan fingerprint density at radius 3 is 2.71 bits per heavy atom. The fourth-order valence-corrected chi connectivity index (χ4v) is 2.57. The highest BCUT2D eigenvalue weighted by atomic mass is 35.5. The summed E-state index contributed by atoms with van der Waals surface area (Å²) in [5.74, 6) is 1.32. The molecule has 0 radical (unpaired) electrons. The Labute approximate surface area is 134 Å². The Kier molecular flexibility index (Phi) is 5.26. The number of benzene rings is 1. The van der Waals surface area contributed by atoms with Crippen molar-refractivity contribution in [1.82, 2.24) is 9.97 Å². The predicted molar refractivity (Wildman–Crippen MR) is 86.4 cm³/mol. The van der Waals surface area contributed by atoms with Crippen molar-refractivity contribution in [2.75, 3.05) is 11.9 Å². The van der Waals surface area contributed by atoms with Crippen molar-refractivity contribution in [3.63, 3.8) is 0 Å². The Bertz CT molecular complexity index is 634. The molecule has 0 saturated carbocycles. The van der Waals surface area contributed by atoms with Crippen LogP contribution in [0.1, 0.15) is 31.0 Å². The van der Waals surface area contributed by atoms with E-state index < -0.39 is 0 Å². The summed E-state index contributed by atoms with van der Waals surface area (Å²) in [6, 6.07) is 5.44. The van der Waals surface area contributed by atoms with Crippen molar-refractivity contribution in [2.24, 2.45) is 0 Å². The summed E-state index contributed by atoms with van der Waals surface area (Å²) in [4.78, 5) is 8.38. The number of nitrogens with one attached hydrogen (secondary N) is 1. The van der Waals surface area contributed by atoms with Crippen LogP contribution in [0, 0.1) is 6.92 Å².